The Bertz CT molecular complexity index is 332. The molecule has 1 rings (SSSR count). The van der Waals surface area contributed by atoms with Crippen LogP contribution in [0.15, 0.2) is 22.1 Å². The van der Waals surface area contributed by atoms with Gasteiger partial charge < -0.3 is 9.73 Å². The van der Waals surface area contributed by atoms with Gasteiger partial charge in [0.05, 0.1) is 6.04 Å². The topological polar surface area (TPSA) is 25.2 Å². The molecule has 14 heavy (non-hydrogen) atoms. The van der Waals surface area contributed by atoms with Gasteiger partial charge in [-0.1, -0.05) is 11.6 Å². The summed E-state index contributed by atoms with van der Waals surface area (Å²) in [5, 5.41) is 3.27. The number of nitrogens with one attached hydrogen (secondary N) is 1. The molecule has 0 aliphatic carbocycles. The molecule has 0 fully saturated rings. The highest BCUT2D eigenvalue weighted by Crippen LogP contribution is 2.23. The highest BCUT2D eigenvalue weighted by molar-refractivity contribution is 5.28. The first-order chi connectivity index (χ1) is 6.54. The van der Waals surface area contributed by atoms with Gasteiger partial charge in [-0.05, 0) is 40.8 Å². The van der Waals surface area contributed by atoms with Gasteiger partial charge in [0.2, 0.25) is 0 Å². The van der Waals surface area contributed by atoms with Crippen LogP contribution >= 0.6 is 0 Å². The molecule has 1 atom stereocenters. The van der Waals surface area contributed by atoms with E-state index < -0.39 is 0 Å². The zero-order valence-corrected chi connectivity index (χ0v) is 9.64. The minimum Gasteiger partial charge on any atom is -0.466 e. The maximum atomic E-state index is 5.51. The van der Waals surface area contributed by atoms with Gasteiger partial charge in [0, 0.05) is 5.56 Å². The average molecular weight is 193 g/mol. The molecule has 0 spiro atoms. The third-order valence-corrected chi connectivity index (χ3v) is 2.23. The first-order valence-electron chi connectivity index (χ1n) is 4.93. The summed E-state index contributed by atoms with van der Waals surface area (Å²) in [7, 11) is 1.96. The maximum absolute atomic E-state index is 5.51. The summed E-state index contributed by atoms with van der Waals surface area (Å²) in [6.45, 7) is 8.19. The van der Waals surface area contributed by atoms with Crippen LogP contribution in [0.25, 0.3) is 0 Å². The predicted molar refractivity (Wildman–Crippen MR) is 59.4 cm³/mol. The van der Waals surface area contributed by atoms with Crippen molar-refractivity contribution in [2.75, 3.05) is 7.05 Å². The van der Waals surface area contributed by atoms with Gasteiger partial charge >= 0.3 is 0 Å². The van der Waals surface area contributed by atoms with Gasteiger partial charge in [0.25, 0.3) is 0 Å². The summed E-state index contributed by atoms with van der Waals surface area (Å²) in [5.74, 6) is 1.97. The number of allylic oxidation sites excluding steroid dienone is 1. The van der Waals surface area contributed by atoms with Gasteiger partial charge in [-0.15, -0.1) is 0 Å². The second-order valence-electron chi connectivity index (χ2n) is 3.88. The van der Waals surface area contributed by atoms with Crippen LogP contribution in [0, 0.1) is 13.8 Å². The maximum Gasteiger partial charge on any atom is 0.106 e. The summed E-state index contributed by atoms with van der Waals surface area (Å²) < 4.78 is 5.51. The molecule has 0 radical (unpaired) electrons. The third-order valence-electron chi connectivity index (χ3n) is 2.23. The summed E-state index contributed by atoms with van der Waals surface area (Å²) in [6.07, 6.45) is 2.21. The number of aryl methyl sites for hydroxylation is 2. The van der Waals surface area contributed by atoms with Crippen LogP contribution in [0.4, 0.5) is 0 Å². The largest absolute Gasteiger partial charge is 0.466 e. The second-order valence-corrected chi connectivity index (χ2v) is 3.88. The molecule has 0 amide bonds. The van der Waals surface area contributed by atoms with Crippen LogP contribution in [0.1, 0.15) is 37.0 Å². The third kappa shape index (κ3) is 2.48. The lowest BCUT2D eigenvalue weighted by molar-refractivity contribution is 0.497. The van der Waals surface area contributed by atoms with Crippen LogP contribution in [-0.2, 0) is 0 Å². The van der Waals surface area contributed by atoms with Gasteiger partial charge in [-0.3, -0.25) is 0 Å². The van der Waals surface area contributed by atoms with Crippen molar-refractivity contribution in [1.29, 1.82) is 0 Å². The van der Waals surface area contributed by atoms with Crippen molar-refractivity contribution in [3.05, 3.63) is 34.8 Å². The molecule has 0 aliphatic heterocycles. The minimum absolute atomic E-state index is 0.262. The highest BCUT2D eigenvalue weighted by atomic mass is 16.3. The molecular weight excluding hydrogens is 174 g/mol. The van der Waals surface area contributed by atoms with E-state index in [0.29, 0.717) is 0 Å². The predicted octanol–water partition coefficient (Wildman–Crippen LogP) is 3.12. The Balaban J connectivity index is 3.00. The Labute approximate surface area is 86.0 Å². The Morgan fingerprint density at radius 2 is 2.07 bits per heavy atom. The fourth-order valence-electron chi connectivity index (χ4n) is 1.62. The summed E-state index contributed by atoms with van der Waals surface area (Å²) in [6, 6.07) is 2.35. The zero-order chi connectivity index (χ0) is 10.7. The van der Waals surface area contributed by atoms with Crippen LogP contribution in [0.3, 0.4) is 0 Å². The van der Waals surface area contributed by atoms with Gasteiger partial charge in [-0.25, -0.2) is 0 Å². The lowest BCUT2D eigenvalue weighted by Gasteiger charge is -2.11. The first-order valence-corrected chi connectivity index (χ1v) is 4.93. The molecule has 2 heteroatoms. The number of likely N-dealkylation sites (N-methyl/N-ethyl adjacent to an activating group) is 1. The summed E-state index contributed by atoms with van der Waals surface area (Å²) in [4.78, 5) is 0. The van der Waals surface area contributed by atoms with E-state index in [1.807, 2.05) is 20.9 Å². The molecule has 1 N–H and O–H groups in total. The SMILES string of the molecule is CNC(C=C(C)C)c1cc(C)oc1C. The molecule has 0 bridgehead atoms. The lowest BCUT2D eigenvalue weighted by atomic mass is 10.1. The number of rotatable bonds is 3. The fraction of sp³-hybridized carbons (Fsp3) is 0.500. The van der Waals surface area contributed by atoms with E-state index in [1.165, 1.54) is 11.1 Å². The van der Waals surface area contributed by atoms with Crippen LogP contribution in [0.2, 0.25) is 0 Å². The molecule has 1 unspecified atom stereocenters. The Hall–Kier alpha value is -1.02. The smallest absolute Gasteiger partial charge is 0.106 e. The van der Waals surface area contributed by atoms with E-state index in [-0.39, 0.29) is 6.04 Å². The Morgan fingerprint density at radius 3 is 2.43 bits per heavy atom. The van der Waals surface area contributed by atoms with E-state index in [9.17, 15) is 0 Å². The van der Waals surface area contributed by atoms with Gasteiger partial charge in [0.1, 0.15) is 11.5 Å². The quantitative estimate of drug-likeness (QED) is 0.746. The monoisotopic (exact) mass is 193 g/mol. The lowest BCUT2D eigenvalue weighted by Crippen LogP contribution is -2.14. The van der Waals surface area contributed by atoms with Crippen LogP contribution in [-0.4, -0.2) is 7.05 Å². The second kappa shape index (κ2) is 4.47. The van der Waals surface area contributed by atoms with Crippen molar-refractivity contribution < 1.29 is 4.42 Å². The Morgan fingerprint density at radius 1 is 1.43 bits per heavy atom. The molecule has 0 aromatic carbocycles. The van der Waals surface area contributed by atoms with Crippen molar-refractivity contribution in [3.8, 4) is 0 Å². The van der Waals surface area contributed by atoms with Crippen LogP contribution in [0.5, 0.6) is 0 Å². The molecule has 0 saturated carbocycles. The number of furan rings is 1. The van der Waals surface area contributed by atoms with E-state index in [2.05, 4.69) is 31.3 Å². The van der Waals surface area contributed by atoms with Crippen molar-refractivity contribution in [2.24, 2.45) is 0 Å². The average Bonchev–Trinajstić information content (AvgIpc) is 2.41. The first kappa shape index (κ1) is 11.1. The fourth-order valence-corrected chi connectivity index (χ4v) is 1.62. The molecule has 1 aromatic rings. The summed E-state index contributed by atoms with van der Waals surface area (Å²) >= 11 is 0. The normalized spacial score (nSPS) is 12.6. The minimum atomic E-state index is 0.262. The van der Waals surface area contributed by atoms with Crippen molar-refractivity contribution in [3.63, 3.8) is 0 Å². The van der Waals surface area contributed by atoms with Crippen molar-refractivity contribution >= 4 is 0 Å². The molecule has 0 aliphatic rings. The molecule has 78 valence electrons. The summed E-state index contributed by atoms with van der Waals surface area (Å²) in [5.41, 5.74) is 2.54. The number of hydrogen-bond donors (Lipinski definition) is 1. The molecular formula is C12H19NO. The zero-order valence-electron chi connectivity index (χ0n) is 9.64. The molecule has 0 saturated heterocycles. The molecule has 2 nitrogen and oxygen atoms in total. The van der Waals surface area contributed by atoms with Gasteiger partial charge in [-0.2, -0.15) is 0 Å². The van der Waals surface area contributed by atoms with E-state index in [0.717, 1.165) is 11.5 Å². The van der Waals surface area contributed by atoms with Crippen molar-refractivity contribution in [1.82, 2.24) is 5.32 Å². The highest BCUT2D eigenvalue weighted by Gasteiger charge is 2.12. The van der Waals surface area contributed by atoms with Gasteiger partial charge in [0.15, 0.2) is 0 Å². The van der Waals surface area contributed by atoms with Crippen molar-refractivity contribution in [2.45, 2.75) is 33.7 Å². The molecule has 1 heterocycles. The molecule has 1 aromatic heterocycles. The van der Waals surface area contributed by atoms with E-state index in [4.69, 9.17) is 4.42 Å². The number of hydrogen-bond acceptors (Lipinski definition) is 2. The standard InChI is InChI=1S/C12H19NO/c1-8(2)6-12(13-5)11-7-9(3)14-10(11)4/h6-7,12-13H,1-5H3. The van der Waals surface area contributed by atoms with E-state index in [1.54, 1.807) is 0 Å². The Kier molecular flexibility index (Phi) is 3.53. The van der Waals surface area contributed by atoms with E-state index >= 15 is 0 Å². The van der Waals surface area contributed by atoms with Crippen LogP contribution < -0.4 is 5.32 Å².